The summed E-state index contributed by atoms with van der Waals surface area (Å²) in [6.45, 7) is 6.56. The van der Waals surface area contributed by atoms with E-state index in [-0.39, 0.29) is 24.1 Å². The molecule has 2 N–H and O–H groups in total. The number of amides is 1. The summed E-state index contributed by atoms with van der Waals surface area (Å²) in [5.41, 5.74) is -0.154. The molecule has 2 aliphatic rings. The molecular weight excluding hydrogens is 296 g/mol. The van der Waals surface area contributed by atoms with Gasteiger partial charge in [-0.1, -0.05) is 6.08 Å². The van der Waals surface area contributed by atoms with Gasteiger partial charge in [0.05, 0.1) is 12.2 Å². The summed E-state index contributed by atoms with van der Waals surface area (Å²) in [7, 11) is 3.45. The second kappa shape index (κ2) is 8.31. The minimum Gasteiger partial charge on any atom is -0.378 e. The topological polar surface area (TPSA) is 75.2 Å². The van der Waals surface area contributed by atoms with E-state index in [1.807, 2.05) is 0 Å². The molecule has 0 aromatic rings. The Bertz CT molecular complexity index is 445. The third-order valence-corrected chi connectivity index (χ3v) is 4.19. The van der Waals surface area contributed by atoms with Gasteiger partial charge in [-0.05, 0) is 12.8 Å². The minimum absolute atomic E-state index is 0.0302. The van der Waals surface area contributed by atoms with E-state index in [1.54, 1.807) is 20.2 Å². The number of hydrogen-bond acceptors (Lipinski definition) is 4. The van der Waals surface area contributed by atoms with Gasteiger partial charge in [-0.15, -0.1) is 6.58 Å². The van der Waals surface area contributed by atoms with Crippen molar-refractivity contribution < 1.29 is 14.3 Å². The molecule has 7 nitrogen and oxygen atoms in total. The van der Waals surface area contributed by atoms with E-state index in [2.05, 4.69) is 22.2 Å². The predicted octanol–water partition coefficient (Wildman–Crippen LogP) is 0.134. The third kappa shape index (κ3) is 5.21. The number of nitrogens with one attached hydrogen (secondary N) is 2. The Morgan fingerprint density at radius 1 is 1.48 bits per heavy atom. The standard InChI is InChI=1S/C16H28N4O3/c1-4-7-17-15(18-11-14(21)20(2)3)19-13-5-8-23-16(10-13)6-9-22-12-16/h4,13H,1,5-12H2,2-3H3,(H2,17,18,19). The molecule has 0 saturated carbocycles. The Morgan fingerprint density at radius 3 is 2.96 bits per heavy atom. The van der Waals surface area contributed by atoms with Gasteiger partial charge in [-0.3, -0.25) is 4.79 Å². The van der Waals surface area contributed by atoms with Gasteiger partial charge in [0, 0.05) is 46.3 Å². The number of nitrogens with zero attached hydrogens (tertiary/aromatic N) is 2. The van der Waals surface area contributed by atoms with Gasteiger partial charge < -0.3 is 25.0 Å². The molecule has 2 aliphatic heterocycles. The molecule has 1 spiro atoms. The first-order valence-corrected chi connectivity index (χ1v) is 8.12. The molecular formula is C16H28N4O3. The summed E-state index contributed by atoms with van der Waals surface area (Å²) < 4.78 is 11.4. The highest BCUT2D eigenvalue weighted by Gasteiger charge is 2.41. The molecule has 2 unspecified atom stereocenters. The van der Waals surface area contributed by atoms with Gasteiger partial charge in [0.1, 0.15) is 6.54 Å². The number of ether oxygens (including phenoxy) is 2. The molecule has 0 aromatic carbocycles. The van der Waals surface area contributed by atoms with Crippen molar-refractivity contribution in [2.24, 2.45) is 4.99 Å². The van der Waals surface area contributed by atoms with E-state index in [0.717, 1.165) is 25.9 Å². The summed E-state index contributed by atoms with van der Waals surface area (Å²) in [5.74, 6) is 0.610. The van der Waals surface area contributed by atoms with Crippen LogP contribution in [0.5, 0.6) is 0 Å². The number of carbonyl (C=O) groups is 1. The Morgan fingerprint density at radius 2 is 2.30 bits per heavy atom. The molecule has 7 heteroatoms. The molecule has 2 atom stereocenters. The summed E-state index contributed by atoms with van der Waals surface area (Å²) in [6, 6.07) is 0.260. The van der Waals surface area contributed by atoms with E-state index in [0.29, 0.717) is 25.7 Å². The zero-order valence-corrected chi connectivity index (χ0v) is 14.1. The summed E-state index contributed by atoms with van der Waals surface area (Å²) in [6.07, 6.45) is 4.51. The van der Waals surface area contributed by atoms with Gasteiger partial charge >= 0.3 is 0 Å². The number of rotatable bonds is 5. The lowest BCUT2D eigenvalue weighted by Crippen LogP contribution is -2.52. The van der Waals surface area contributed by atoms with E-state index >= 15 is 0 Å². The van der Waals surface area contributed by atoms with E-state index in [9.17, 15) is 4.79 Å². The average molecular weight is 324 g/mol. The lowest BCUT2D eigenvalue weighted by molar-refractivity contribution is -0.127. The van der Waals surface area contributed by atoms with E-state index in [4.69, 9.17) is 9.47 Å². The number of guanidine groups is 1. The maximum Gasteiger partial charge on any atom is 0.243 e. The lowest BCUT2D eigenvalue weighted by Gasteiger charge is -2.37. The molecule has 2 fully saturated rings. The highest BCUT2D eigenvalue weighted by molar-refractivity contribution is 5.85. The zero-order chi connectivity index (χ0) is 16.7. The molecule has 2 rings (SSSR count). The van der Waals surface area contributed by atoms with Crippen molar-refractivity contribution in [3.05, 3.63) is 12.7 Å². The van der Waals surface area contributed by atoms with Gasteiger partial charge in [0.25, 0.3) is 0 Å². The van der Waals surface area contributed by atoms with Crippen LogP contribution >= 0.6 is 0 Å². The van der Waals surface area contributed by atoms with Crippen molar-refractivity contribution in [3.63, 3.8) is 0 Å². The summed E-state index contributed by atoms with van der Waals surface area (Å²) in [5, 5.41) is 6.59. The SMILES string of the molecule is C=CCNC(=NCC(=O)N(C)C)NC1CCOC2(CCOC2)C1. The fourth-order valence-electron chi connectivity index (χ4n) is 2.82. The van der Waals surface area contributed by atoms with Crippen molar-refractivity contribution in [3.8, 4) is 0 Å². The zero-order valence-electron chi connectivity index (χ0n) is 14.1. The predicted molar refractivity (Wildman–Crippen MR) is 89.5 cm³/mol. The highest BCUT2D eigenvalue weighted by Crippen LogP contribution is 2.32. The van der Waals surface area contributed by atoms with Crippen molar-refractivity contribution in [1.82, 2.24) is 15.5 Å². The third-order valence-electron chi connectivity index (χ3n) is 4.19. The van der Waals surface area contributed by atoms with Crippen LogP contribution < -0.4 is 10.6 Å². The van der Waals surface area contributed by atoms with Crippen molar-refractivity contribution in [2.45, 2.75) is 30.9 Å². The van der Waals surface area contributed by atoms with Crippen LogP contribution in [0, 0.1) is 0 Å². The van der Waals surface area contributed by atoms with Crippen LogP contribution in [0.15, 0.2) is 17.6 Å². The minimum atomic E-state index is -0.154. The molecule has 0 aromatic heterocycles. The fourth-order valence-corrected chi connectivity index (χ4v) is 2.82. The second-order valence-electron chi connectivity index (χ2n) is 6.29. The molecule has 0 aliphatic carbocycles. The van der Waals surface area contributed by atoms with Crippen molar-refractivity contribution in [2.75, 3.05) is 47.0 Å². The van der Waals surface area contributed by atoms with Crippen LogP contribution in [0.1, 0.15) is 19.3 Å². The highest BCUT2D eigenvalue weighted by atomic mass is 16.6. The van der Waals surface area contributed by atoms with Gasteiger partial charge in [0.2, 0.25) is 5.91 Å². The number of hydrogen-bond donors (Lipinski definition) is 2. The average Bonchev–Trinajstić information content (AvgIpc) is 2.97. The van der Waals surface area contributed by atoms with Crippen molar-refractivity contribution >= 4 is 11.9 Å². The lowest BCUT2D eigenvalue weighted by atomic mass is 9.90. The molecule has 2 saturated heterocycles. The maximum atomic E-state index is 11.7. The Balaban J connectivity index is 1.94. The quantitative estimate of drug-likeness (QED) is 0.427. The Hall–Kier alpha value is -1.60. The molecule has 0 bridgehead atoms. The molecule has 0 radical (unpaired) electrons. The summed E-state index contributed by atoms with van der Waals surface area (Å²) >= 11 is 0. The molecule has 1 amide bonds. The fraction of sp³-hybridized carbons (Fsp3) is 0.750. The Labute approximate surface area is 138 Å². The van der Waals surface area contributed by atoms with Crippen molar-refractivity contribution in [1.29, 1.82) is 0 Å². The van der Waals surface area contributed by atoms with Gasteiger partial charge in [-0.2, -0.15) is 0 Å². The number of carbonyl (C=O) groups excluding carboxylic acids is 1. The van der Waals surface area contributed by atoms with Crippen LogP contribution in [0.2, 0.25) is 0 Å². The summed E-state index contributed by atoms with van der Waals surface area (Å²) in [4.78, 5) is 17.6. The van der Waals surface area contributed by atoms with Gasteiger partial charge in [0.15, 0.2) is 5.96 Å². The van der Waals surface area contributed by atoms with Crippen LogP contribution in [-0.4, -0.2) is 75.4 Å². The molecule has 2 heterocycles. The van der Waals surface area contributed by atoms with Gasteiger partial charge in [-0.25, -0.2) is 4.99 Å². The smallest absolute Gasteiger partial charge is 0.243 e. The first kappa shape index (κ1) is 17.7. The van der Waals surface area contributed by atoms with Crippen LogP contribution in [0.25, 0.3) is 0 Å². The molecule has 23 heavy (non-hydrogen) atoms. The van der Waals surface area contributed by atoms with Crippen LogP contribution in [0.4, 0.5) is 0 Å². The largest absolute Gasteiger partial charge is 0.378 e. The first-order chi connectivity index (χ1) is 11.0. The molecule has 130 valence electrons. The monoisotopic (exact) mass is 324 g/mol. The van der Waals surface area contributed by atoms with E-state index < -0.39 is 0 Å². The Kier molecular flexibility index (Phi) is 6.41. The second-order valence-corrected chi connectivity index (χ2v) is 6.29. The van der Waals surface area contributed by atoms with E-state index in [1.165, 1.54) is 4.90 Å². The van der Waals surface area contributed by atoms with Crippen LogP contribution in [0.3, 0.4) is 0 Å². The maximum absolute atomic E-state index is 11.7. The first-order valence-electron chi connectivity index (χ1n) is 8.12. The number of likely N-dealkylation sites (N-methyl/N-ethyl adjacent to an activating group) is 1. The normalized spacial score (nSPS) is 27.7. The number of aliphatic imine (C=N–C) groups is 1. The van der Waals surface area contributed by atoms with Crippen LogP contribution in [-0.2, 0) is 14.3 Å².